The first kappa shape index (κ1) is 21.6. The average Bonchev–Trinajstić information content (AvgIpc) is 2.67. The van der Waals surface area contributed by atoms with Crippen molar-refractivity contribution < 1.29 is 8.78 Å². The Kier molecular flexibility index (Phi) is 8.97. The molecule has 0 spiro atoms. The van der Waals surface area contributed by atoms with Gasteiger partial charge >= 0.3 is 0 Å². The first-order valence-electron chi connectivity index (χ1n) is 8.92. The van der Waals surface area contributed by atoms with Gasteiger partial charge in [0.05, 0.1) is 6.04 Å². The van der Waals surface area contributed by atoms with Crippen LogP contribution in [0.5, 0.6) is 0 Å². The van der Waals surface area contributed by atoms with E-state index in [0.29, 0.717) is 28.3 Å². The molecule has 0 saturated heterocycles. The summed E-state index contributed by atoms with van der Waals surface area (Å²) in [7, 11) is 0. The fraction of sp³-hybridized carbons (Fsp3) is 0.350. The van der Waals surface area contributed by atoms with E-state index in [1.54, 1.807) is 24.3 Å². The summed E-state index contributed by atoms with van der Waals surface area (Å²) in [6.45, 7) is 6.86. The Hall–Kier alpha value is -1.70. The molecule has 1 atom stereocenters. The molecule has 146 valence electrons. The Bertz CT molecular complexity index is 692. The monoisotopic (exact) mass is 409 g/mol. The maximum Gasteiger partial charge on any atom is 0.288 e. The molecule has 0 radical (unpaired) electrons. The average molecular weight is 410 g/mol. The predicted octanol–water partition coefficient (Wildman–Crippen LogP) is 5.37. The second-order valence-electron chi connectivity index (χ2n) is 5.89. The number of nitrogens with zero attached hydrogens (tertiary/aromatic N) is 1. The van der Waals surface area contributed by atoms with E-state index >= 15 is 0 Å². The molecule has 0 aliphatic carbocycles. The Balaban J connectivity index is 1.95. The van der Waals surface area contributed by atoms with E-state index in [4.69, 9.17) is 12.2 Å². The zero-order valence-corrected chi connectivity index (χ0v) is 17.1. The molecular formula is C20H25F2N3S2. The fourth-order valence-electron chi connectivity index (χ4n) is 2.88. The van der Waals surface area contributed by atoms with E-state index in [1.165, 1.54) is 5.56 Å². The fourth-order valence-corrected chi connectivity index (χ4v) is 3.58. The van der Waals surface area contributed by atoms with Crippen LogP contribution in [-0.4, -0.2) is 35.4 Å². The summed E-state index contributed by atoms with van der Waals surface area (Å²) in [5, 5.41) is 6.90. The summed E-state index contributed by atoms with van der Waals surface area (Å²) < 4.78 is 24.8. The Labute approximate surface area is 169 Å². The standard InChI is InChI=1S/C20H25F2N3S2/c1-3-25(4-2)18(15-8-6-5-7-9-15)14-23-20(26)24-16-10-12-17(13-11-16)27-19(21)22/h5-13,18-19H,3-4,14H2,1-2H3,(H2,23,24,26)/t18-/m1/s1. The van der Waals surface area contributed by atoms with Gasteiger partial charge in [0.2, 0.25) is 0 Å². The highest BCUT2D eigenvalue weighted by molar-refractivity contribution is 7.99. The number of alkyl halides is 2. The topological polar surface area (TPSA) is 27.3 Å². The summed E-state index contributed by atoms with van der Waals surface area (Å²) in [4.78, 5) is 2.90. The van der Waals surface area contributed by atoms with E-state index in [1.807, 2.05) is 18.2 Å². The number of anilines is 1. The van der Waals surface area contributed by atoms with Crippen LogP contribution in [0.15, 0.2) is 59.5 Å². The van der Waals surface area contributed by atoms with Gasteiger partial charge in [-0.3, -0.25) is 4.90 Å². The maximum absolute atomic E-state index is 12.4. The summed E-state index contributed by atoms with van der Waals surface area (Å²) in [6.07, 6.45) is 0. The number of nitrogens with one attached hydrogen (secondary N) is 2. The van der Waals surface area contributed by atoms with Crippen molar-refractivity contribution in [2.45, 2.75) is 30.5 Å². The molecule has 27 heavy (non-hydrogen) atoms. The van der Waals surface area contributed by atoms with Crippen molar-refractivity contribution in [3.8, 4) is 0 Å². The number of likely N-dealkylation sites (N-methyl/N-ethyl adjacent to an activating group) is 1. The number of halogens is 2. The van der Waals surface area contributed by atoms with E-state index in [9.17, 15) is 8.78 Å². The predicted molar refractivity (Wildman–Crippen MR) is 115 cm³/mol. The van der Waals surface area contributed by atoms with Crippen LogP contribution in [0.1, 0.15) is 25.5 Å². The highest BCUT2D eigenvalue weighted by Crippen LogP contribution is 2.26. The molecule has 2 rings (SSSR count). The molecule has 0 saturated carbocycles. The van der Waals surface area contributed by atoms with E-state index in [2.05, 4.69) is 41.5 Å². The van der Waals surface area contributed by atoms with Crippen LogP contribution in [0.25, 0.3) is 0 Å². The summed E-state index contributed by atoms with van der Waals surface area (Å²) >= 11 is 5.93. The summed E-state index contributed by atoms with van der Waals surface area (Å²) in [5.41, 5.74) is 2.01. The Morgan fingerprint density at radius 2 is 1.67 bits per heavy atom. The highest BCUT2D eigenvalue weighted by Gasteiger charge is 2.18. The molecule has 0 unspecified atom stereocenters. The van der Waals surface area contributed by atoms with Crippen molar-refractivity contribution in [3.63, 3.8) is 0 Å². The van der Waals surface area contributed by atoms with Gasteiger partial charge < -0.3 is 10.6 Å². The largest absolute Gasteiger partial charge is 0.361 e. The van der Waals surface area contributed by atoms with Crippen LogP contribution in [0.2, 0.25) is 0 Å². The third-order valence-corrected chi connectivity index (χ3v) is 5.20. The minimum atomic E-state index is -2.42. The van der Waals surface area contributed by atoms with Crippen molar-refractivity contribution in [1.29, 1.82) is 0 Å². The van der Waals surface area contributed by atoms with E-state index in [0.717, 1.165) is 18.8 Å². The van der Waals surface area contributed by atoms with Gasteiger partial charge in [-0.2, -0.15) is 8.78 Å². The van der Waals surface area contributed by atoms with Gasteiger partial charge in [-0.25, -0.2) is 0 Å². The first-order chi connectivity index (χ1) is 13.0. The SMILES string of the molecule is CCN(CC)[C@H](CNC(=S)Nc1ccc(SC(F)F)cc1)c1ccccc1. The highest BCUT2D eigenvalue weighted by atomic mass is 32.2. The molecule has 0 aliphatic rings. The number of hydrogen-bond acceptors (Lipinski definition) is 3. The van der Waals surface area contributed by atoms with Gasteiger partial charge in [0.25, 0.3) is 5.76 Å². The van der Waals surface area contributed by atoms with Crippen LogP contribution in [-0.2, 0) is 0 Å². The molecule has 0 aromatic heterocycles. The van der Waals surface area contributed by atoms with Crippen molar-refractivity contribution in [3.05, 3.63) is 60.2 Å². The Morgan fingerprint density at radius 1 is 1.04 bits per heavy atom. The number of hydrogen-bond donors (Lipinski definition) is 2. The quantitative estimate of drug-likeness (QED) is 0.429. The normalized spacial score (nSPS) is 12.2. The van der Waals surface area contributed by atoms with E-state index < -0.39 is 5.76 Å². The minimum Gasteiger partial charge on any atom is -0.361 e. The van der Waals surface area contributed by atoms with Crippen LogP contribution in [0.4, 0.5) is 14.5 Å². The molecule has 3 nitrogen and oxygen atoms in total. The third kappa shape index (κ3) is 7.08. The summed E-state index contributed by atoms with van der Waals surface area (Å²) in [6, 6.07) is 17.4. The van der Waals surface area contributed by atoms with Crippen molar-refractivity contribution in [2.75, 3.05) is 25.0 Å². The minimum absolute atomic E-state index is 0.214. The van der Waals surface area contributed by atoms with Crippen molar-refractivity contribution in [1.82, 2.24) is 10.2 Å². The first-order valence-corrected chi connectivity index (χ1v) is 10.2. The molecule has 0 amide bonds. The number of benzene rings is 2. The lowest BCUT2D eigenvalue weighted by Crippen LogP contribution is -2.39. The van der Waals surface area contributed by atoms with Gasteiger partial charge in [0.1, 0.15) is 0 Å². The smallest absolute Gasteiger partial charge is 0.288 e. The molecule has 0 bridgehead atoms. The number of thiocarbonyl (C=S) groups is 1. The van der Waals surface area contributed by atoms with Crippen LogP contribution in [0, 0.1) is 0 Å². The molecular weight excluding hydrogens is 384 g/mol. The van der Waals surface area contributed by atoms with Gasteiger partial charge in [0, 0.05) is 17.1 Å². The lowest BCUT2D eigenvalue weighted by molar-refractivity contribution is 0.219. The van der Waals surface area contributed by atoms with Gasteiger partial charge in [-0.15, -0.1) is 0 Å². The van der Waals surface area contributed by atoms with Crippen molar-refractivity contribution >= 4 is 34.8 Å². The van der Waals surface area contributed by atoms with Crippen molar-refractivity contribution in [2.24, 2.45) is 0 Å². The molecule has 0 aliphatic heterocycles. The zero-order valence-electron chi connectivity index (χ0n) is 15.5. The van der Waals surface area contributed by atoms with Gasteiger partial charge in [-0.1, -0.05) is 55.9 Å². The van der Waals surface area contributed by atoms with Gasteiger partial charge in [-0.05, 0) is 55.1 Å². The lowest BCUT2D eigenvalue weighted by Gasteiger charge is -2.30. The molecule has 7 heteroatoms. The zero-order chi connectivity index (χ0) is 19.6. The van der Waals surface area contributed by atoms with Crippen LogP contribution in [0.3, 0.4) is 0 Å². The van der Waals surface area contributed by atoms with E-state index in [-0.39, 0.29) is 6.04 Å². The van der Waals surface area contributed by atoms with Crippen LogP contribution < -0.4 is 10.6 Å². The second kappa shape index (κ2) is 11.2. The molecule has 0 fully saturated rings. The molecule has 2 N–H and O–H groups in total. The molecule has 2 aromatic rings. The second-order valence-corrected chi connectivity index (χ2v) is 7.36. The summed E-state index contributed by atoms with van der Waals surface area (Å²) in [5.74, 6) is -2.42. The lowest BCUT2D eigenvalue weighted by atomic mass is 10.1. The number of thioether (sulfide) groups is 1. The molecule has 2 aromatic carbocycles. The number of rotatable bonds is 9. The third-order valence-electron chi connectivity index (χ3n) is 4.23. The van der Waals surface area contributed by atoms with Crippen LogP contribution >= 0.6 is 24.0 Å². The van der Waals surface area contributed by atoms with Gasteiger partial charge in [0.15, 0.2) is 5.11 Å². The molecule has 0 heterocycles. The Morgan fingerprint density at radius 3 is 2.22 bits per heavy atom. The maximum atomic E-state index is 12.4.